The van der Waals surface area contributed by atoms with E-state index < -0.39 is 15.1 Å². The van der Waals surface area contributed by atoms with Gasteiger partial charge >= 0.3 is 10.2 Å². The molecule has 0 unspecified atom stereocenters. The molecule has 0 aliphatic heterocycles. The van der Waals surface area contributed by atoms with Gasteiger partial charge in [-0.25, -0.2) is 0 Å². The average molecular weight is 241 g/mol. The maximum absolute atomic E-state index is 13.2. The fraction of sp³-hybridized carbons (Fsp3) is 0.100. The van der Waals surface area contributed by atoms with Gasteiger partial charge in [-0.05, 0) is 18.2 Å². The topological polar surface area (TPSA) is 56.3 Å². The number of hydrogen-bond acceptors (Lipinski definition) is 4. The van der Waals surface area contributed by atoms with E-state index in [1.165, 1.54) is 19.4 Å². The Morgan fingerprint density at radius 2 is 2.06 bits per heavy atom. The van der Waals surface area contributed by atoms with Gasteiger partial charge in [-0.3, -0.25) is 4.98 Å². The van der Waals surface area contributed by atoms with Gasteiger partial charge in [0.25, 0.3) is 0 Å². The van der Waals surface area contributed by atoms with Crippen LogP contribution in [0, 0.1) is 0 Å². The second-order valence-corrected chi connectivity index (χ2v) is 4.39. The van der Waals surface area contributed by atoms with Crippen molar-refractivity contribution >= 4 is 21.1 Å². The van der Waals surface area contributed by atoms with Crippen molar-refractivity contribution in [2.75, 3.05) is 7.11 Å². The standard InChI is InChI=1S/C10H8FNO3S/c1-15-8-5-4-7-3-2-6-12-9(7)10(8)16(11,13)14/h2-6H,1H3. The SMILES string of the molecule is COc1ccc2cccnc2c1S(=O)(=O)F. The molecule has 0 radical (unpaired) electrons. The molecular formula is C10H8FNO3S. The van der Waals surface area contributed by atoms with E-state index >= 15 is 0 Å². The summed E-state index contributed by atoms with van der Waals surface area (Å²) in [5.41, 5.74) is 0.0735. The normalized spacial score (nSPS) is 11.6. The summed E-state index contributed by atoms with van der Waals surface area (Å²) < 4.78 is 40.1. The Kier molecular flexibility index (Phi) is 2.51. The van der Waals surface area contributed by atoms with E-state index in [0.717, 1.165) is 0 Å². The van der Waals surface area contributed by atoms with Gasteiger partial charge in [0.05, 0.1) is 12.6 Å². The summed E-state index contributed by atoms with van der Waals surface area (Å²) in [5, 5.41) is 0.541. The lowest BCUT2D eigenvalue weighted by Gasteiger charge is -2.07. The lowest BCUT2D eigenvalue weighted by atomic mass is 10.2. The van der Waals surface area contributed by atoms with Crippen molar-refractivity contribution in [3.05, 3.63) is 30.5 Å². The van der Waals surface area contributed by atoms with Gasteiger partial charge in [-0.2, -0.15) is 8.42 Å². The smallest absolute Gasteiger partial charge is 0.337 e. The van der Waals surface area contributed by atoms with Crippen molar-refractivity contribution in [1.29, 1.82) is 0 Å². The molecule has 0 atom stereocenters. The lowest BCUT2D eigenvalue weighted by molar-refractivity contribution is 0.402. The summed E-state index contributed by atoms with van der Waals surface area (Å²) in [4.78, 5) is 3.34. The number of rotatable bonds is 2. The second-order valence-electron chi connectivity index (χ2n) is 3.11. The van der Waals surface area contributed by atoms with Gasteiger partial charge in [-0.1, -0.05) is 6.07 Å². The molecule has 0 amide bonds. The van der Waals surface area contributed by atoms with Gasteiger partial charge in [0.1, 0.15) is 5.75 Å². The molecule has 1 aromatic heterocycles. The van der Waals surface area contributed by atoms with Crippen LogP contribution in [-0.4, -0.2) is 20.5 Å². The molecule has 0 aliphatic carbocycles. The van der Waals surface area contributed by atoms with Crippen molar-refractivity contribution in [2.45, 2.75) is 4.90 Å². The van der Waals surface area contributed by atoms with Gasteiger partial charge in [-0.15, -0.1) is 3.89 Å². The molecule has 1 heterocycles. The Morgan fingerprint density at radius 3 is 2.69 bits per heavy atom. The first kappa shape index (κ1) is 10.8. The van der Waals surface area contributed by atoms with Crippen LogP contribution in [0.5, 0.6) is 5.75 Å². The number of methoxy groups -OCH3 is 1. The third kappa shape index (κ3) is 1.71. The number of pyridine rings is 1. The zero-order chi connectivity index (χ0) is 11.8. The Hall–Kier alpha value is -1.69. The molecule has 0 saturated heterocycles. The molecule has 16 heavy (non-hydrogen) atoms. The predicted molar refractivity (Wildman–Crippen MR) is 56.6 cm³/mol. The second kappa shape index (κ2) is 3.71. The van der Waals surface area contributed by atoms with Crippen LogP contribution in [0.1, 0.15) is 0 Å². The molecule has 0 aliphatic rings. The van der Waals surface area contributed by atoms with E-state index in [-0.39, 0.29) is 11.3 Å². The van der Waals surface area contributed by atoms with Gasteiger partial charge < -0.3 is 4.74 Å². The van der Waals surface area contributed by atoms with Crippen molar-refractivity contribution in [1.82, 2.24) is 4.98 Å². The van der Waals surface area contributed by atoms with Crippen LogP contribution in [0.4, 0.5) is 3.89 Å². The van der Waals surface area contributed by atoms with E-state index in [1.54, 1.807) is 18.2 Å². The van der Waals surface area contributed by atoms with Crippen LogP contribution < -0.4 is 4.74 Å². The molecule has 0 fully saturated rings. The minimum absolute atomic E-state index is 0.0475. The molecular weight excluding hydrogens is 233 g/mol. The van der Waals surface area contributed by atoms with E-state index in [4.69, 9.17) is 4.74 Å². The van der Waals surface area contributed by atoms with Crippen LogP contribution >= 0.6 is 0 Å². The van der Waals surface area contributed by atoms with Crippen molar-refractivity contribution in [2.24, 2.45) is 0 Å². The molecule has 2 rings (SSSR count). The van der Waals surface area contributed by atoms with Crippen molar-refractivity contribution < 1.29 is 17.0 Å². The quantitative estimate of drug-likeness (QED) is 0.753. The monoisotopic (exact) mass is 241 g/mol. The Morgan fingerprint density at radius 1 is 1.31 bits per heavy atom. The third-order valence-corrected chi connectivity index (χ3v) is 3.04. The highest BCUT2D eigenvalue weighted by atomic mass is 32.3. The Labute approximate surface area is 91.9 Å². The summed E-state index contributed by atoms with van der Waals surface area (Å²) in [7, 11) is -3.58. The van der Waals surface area contributed by atoms with Crippen molar-refractivity contribution in [3.8, 4) is 5.75 Å². The highest BCUT2D eigenvalue weighted by Gasteiger charge is 2.22. The molecule has 0 spiro atoms. The molecule has 2 aromatic rings. The number of benzene rings is 1. The molecule has 0 N–H and O–H groups in total. The summed E-state index contributed by atoms with van der Waals surface area (Å²) in [5.74, 6) is -0.0475. The van der Waals surface area contributed by atoms with Crippen LogP contribution in [0.25, 0.3) is 10.9 Å². The van der Waals surface area contributed by atoms with E-state index in [2.05, 4.69) is 4.98 Å². The molecule has 0 bridgehead atoms. The number of aromatic nitrogens is 1. The van der Waals surface area contributed by atoms with Gasteiger partial charge in [0.2, 0.25) is 0 Å². The number of halogens is 1. The highest BCUT2D eigenvalue weighted by Crippen LogP contribution is 2.31. The van der Waals surface area contributed by atoms with E-state index in [1.807, 2.05) is 0 Å². The lowest BCUT2D eigenvalue weighted by Crippen LogP contribution is -1.99. The first-order valence-electron chi connectivity index (χ1n) is 4.40. The van der Waals surface area contributed by atoms with Crippen molar-refractivity contribution in [3.63, 3.8) is 0 Å². The summed E-state index contributed by atoms with van der Waals surface area (Å²) >= 11 is 0. The number of nitrogens with zero attached hydrogens (tertiary/aromatic N) is 1. The fourth-order valence-corrected chi connectivity index (χ4v) is 2.29. The van der Waals surface area contributed by atoms with E-state index in [0.29, 0.717) is 5.39 Å². The van der Waals surface area contributed by atoms with Gasteiger partial charge in [0, 0.05) is 11.6 Å². The predicted octanol–water partition coefficient (Wildman–Crippen LogP) is 1.90. The fourth-order valence-electron chi connectivity index (χ4n) is 1.50. The first-order valence-corrected chi connectivity index (χ1v) is 5.79. The number of fused-ring (bicyclic) bond motifs is 1. The Bertz CT molecular complexity index is 640. The maximum atomic E-state index is 13.2. The first-order chi connectivity index (χ1) is 7.54. The van der Waals surface area contributed by atoms with Crippen LogP contribution in [0.15, 0.2) is 35.4 Å². The molecule has 0 saturated carbocycles. The largest absolute Gasteiger partial charge is 0.495 e. The number of ether oxygens (including phenoxy) is 1. The zero-order valence-electron chi connectivity index (χ0n) is 8.34. The molecule has 1 aromatic carbocycles. The van der Waals surface area contributed by atoms with E-state index in [9.17, 15) is 12.3 Å². The third-order valence-electron chi connectivity index (χ3n) is 2.16. The Balaban J connectivity index is 2.95. The minimum atomic E-state index is -4.86. The summed E-state index contributed by atoms with van der Waals surface area (Å²) in [6.07, 6.45) is 1.40. The average Bonchev–Trinajstić information content (AvgIpc) is 2.26. The molecule has 84 valence electrons. The number of hydrogen-bond donors (Lipinski definition) is 0. The van der Waals surface area contributed by atoms with Crippen LogP contribution in [-0.2, 0) is 10.2 Å². The minimum Gasteiger partial charge on any atom is -0.495 e. The molecule has 6 heteroatoms. The van der Waals surface area contributed by atoms with Crippen LogP contribution in [0.2, 0.25) is 0 Å². The van der Waals surface area contributed by atoms with Gasteiger partial charge in [0.15, 0.2) is 4.90 Å². The van der Waals surface area contributed by atoms with Crippen LogP contribution in [0.3, 0.4) is 0 Å². The molecule has 4 nitrogen and oxygen atoms in total. The summed E-state index contributed by atoms with van der Waals surface area (Å²) in [6, 6.07) is 6.31. The highest BCUT2D eigenvalue weighted by molar-refractivity contribution is 7.86. The zero-order valence-corrected chi connectivity index (χ0v) is 9.16. The summed E-state index contributed by atoms with van der Waals surface area (Å²) in [6.45, 7) is 0. The maximum Gasteiger partial charge on any atom is 0.337 e.